The molecule has 2 aromatic carbocycles. The Morgan fingerprint density at radius 3 is 2.03 bits per heavy atom. The molecule has 0 bridgehead atoms. The van der Waals surface area contributed by atoms with Gasteiger partial charge in [-0.05, 0) is 6.07 Å². The summed E-state index contributed by atoms with van der Waals surface area (Å²) in [6.45, 7) is -0.645. The summed E-state index contributed by atoms with van der Waals surface area (Å²) in [7, 11) is 0. The van der Waals surface area contributed by atoms with Crippen LogP contribution in [-0.2, 0) is 10.5 Å². The summed E-state index contributed by atoms with van der Waals surface area (Å²) in [5.41, 5.74) is 8.78. The van der Waals surface area contributed by atoms with Crippen molar-refractivity contribution in [1.29, 1.82) is 0 Å². The highest BCUT2D eigenvalue weighted by molar-refractivity contribution is 5.69. The number of nitrogen functional groups attached to an aromatic ring is 1. The van der Waals surface area contributed by atoms with Crippen molar-refractivity contribution >= 4 is 5.95 Å². The van der Waals surface area contributed by atoms with Crippen LogP contribution in [0.2, 0.25) is 0 Å². The molecule has 9 nitrogen and oxygen atoms in total. The molecule has 162 valence electrons. The Kier molecular flexibility index (Phi) is 5.71. The zero-order chi connectivity index (χ0) is 22.2. The summed E-state index contributed by atoms with van der Waals surface area (Å²) >= 11 is 0. The minimum absolute atomic E-state index is 0.105. The van der Waals surface area contributed by atoms with E-state index in [1.165, 1.54) is 12.1 Å². The van der Waals surface area contributed by atoms with E-state index in [4.69, 9.17) is 10.5 Å². The van der Waals surface area contributed by atoms with Crippen molar-refractivity contribution in [2.75, 3.05) is 12.3 Å². The van der Waals surface area contributed by atoms with Crippen LogP contribution in [0.5, 0.6) is 0 Å². The number of anilines is 1. The first-order chi connectivity index (χ1) is 14.8. The lowest BCUT2D eigenvalue weighted by Crippen LogP contribution is -2.63. The topological polar surface area (TPSA) is 162 Å². The maximum absolute atomic E-state index is 10.9. The molecule has 7 N–H and O–H groups in total. The SMILES string of the molecule is Nc1nc(-c2ccccc2)cc(-c2ccc([C@@]3(O)O[C@H](CO)[C@@H](O)[C@@H](O)[C@H]3O)cc2)n1. The molecule has 1 aromatic heterocycles. The summed E-state index contributed by atoms with van der Waals surface area (Å²) in [6.07, 6.45) is -6.33. The lowest BCUT2D eigenvalue weighted by atomic mass is 9.88. The van der Waals surface area contributed by atoms with Gasteiger partial charge in [-0.15, -0.1) is 0 Å². The highest BCUT2D eigenvalue weighted by Gasteiger charge is 2.53. The van der Waals surface area contributed by atoms with Gasteiger partial charge >= 0.3 is 0 Å². The third-order valence-electron chi connectivity index (χ3n) is 5.37. The fourth-order valence-electron chi connectivity index (χ4n) is 3.64. The molecule has 3 aromatic rings. The molecule has 9 heteroatoms. The Labute approximate surface area is 178 Å². The van der Waals surface area contributed by atoms with E-state index in [0.29, 0.717) is 17.0 Å². The van der Waals surface area contributed by atoms with E-state index in [2.05, 4.69) is 9.97 Å². The van der Waals surface area contributed by atoms with Crippen LogP contribution in [0.1, 0.15) is 5.56 Å². The Morgan fingerprint density at radius 2 is 1.45 bits per heavy atom. The monoisotopic (exact) mass is 425 g/mol. The maximum atomic E-state index is 10.9. The number of ether oxygens (including phenoxy) is 1. The summed E-state index contributed by atoms with van der Waals surface area (Å²) in [5, 5.41) is 50.5. The minimum Gasteiger partial charge on any atom is -0.394 e. The predicted octanol–water partition coefficient (Wildman–Crippen LogP) is 0.0117. The van der Waals surface area contributed by atoms with E-state index in [-0.39, 0.29) is 11.5 Å². The standard InChI is InChI=1S/C22H23N3O6/c23-21-24-15(12-4-2-1-3-5-12)10-16(25-21)13-6-8-14(9-7-13)22(30)20(29)19(28)18(27)17(11-26)31-22/h1-10,17-20,26-30H,11H2,(H2,23,24,25)/t17-,18-,19-,20-,22-/m1/s1. The Morgan fingerprint density at radius 1 is 0.871 bits per heavy atom. The lowest BCUT2D eigenvalue weighted by molar-refractivity contribution is -0.357. The summed E-state index contributed by atoms with van der Waals surface area (Å²) in [4.78, 5) is 8.54. The molecule has 0 amide bonds. The van der Waals surface area contributed by atoms with Crippen LogP contribution in [0.15, 0.2) is 60.7 Å². The van der Waals surface area contributed by atoms with Gasteiger partial charge in [-0.2, -0.15) is 0 Å². The molecular formula is C22H23N3O6. The molecule has 0 radical (unpaired) electrons. The molecule has 1 saturated heterocycles. The number of nitrogens with two attached hydrogens (primary N) is 1. The van der Waals surface area contributed by atoms with Crippen molar-refractivity contribution in [1.82, 2.24) is 9.97 Å². The number of aromatic nitrogens is 2. The first kappa shape index (κ1) is 21.3. The molecule has 4 rings (SSSR count). The van der Waals surface area contributed by atoms with E-state index in [0.717, 1.165) is 5.56 Å². The average Bonchev–Trinajstić information content (AvgIpc) is 2.80. The summed E-state index contributed by atoms with van der Waals surface area (Å²) < 4.78 is 5.35. The quantitative estimate of drug-likeness (QED) is 0.338. The third-order valence-corrected chi connectivity index (χ3v) is 5.37. The Bertz CT molecular complexity index is 1050. The van der Waals surface area contributed by atoms with E-state index < -0.39 is 36.8 Å². The van der Waals surface area contributed by atoms with E-state index >= 15 is 0 Å². The molecule has 31 heavy (non-hydrogen) atoms. The normalized spacial score (nSPS) is 28.4. The third kappa shape index (κ3) is 3.90. The first-order valence-electron chi connectivity index (χ1n) is 9.69. The fraction of sp³-hybridized carbons (Fsp3) is 0.273. The molecule has 1 fully saturated rings. The molecule has 0 saturated carbocycles. The number of benzene rings is 2. The van der Waals surface area contributed by atoms with Crippen LogP contribution in [0, 0.1) is 0 Å². The van der Waals surface area contributed by atoms with Gasteiger partial charge in [0.25, 0.3) is 0 Å². The summed E-state index contributed by atoms with van der Waals surface area (Å²) in [5.74, 6) is -2.21. The van der Waals surface area contributed by atoms with E-state index in [1.807, 2.05) is 30.3 Å². The predicted molar refractivity (Wildman–Crippen MR) is 111 cm³/mol. The van der Waals surface area contributed by atoms with E-state index in [1.54, 1.807) is 18.2 Å². The van der Waals surface area contributed by atoms with Gasteiger partial charge in [0.15, 0.2) is 0 Å². The van der Waals surface area contributed by atoms with Crippen molar-refractivity contribution in [2.24, 2.45) is 0 Å². The minimum atomic E-state index is -2.32. The Hall–Kier alpha value is -2.92. The second kappa shape index (κ2) is 8.31. The van der Waals surface area contributed by atoms with Crippen LogP contribution in [0.3, 0.4) is 0 Å². The van der Waals surface area contributed by atoms with Gasteiger partial charge in [0.1, 0.15) is 24.4 Å². The highest BCUT2D eigenvalue weighted by Crippen LogP contribution is 2.37. The Balaban J connectivity index is 1.67. The van der Waals surface area contributed by atoms with Crippen molar-refractivity contribution < 1.29 is 30.3 Å². The molecule has 0 aliphatic carbocycles. The molecule has 0 spiro atoms. The molecule has 5 atom stereocenters. The van der Waals surface area contributed by atoms with Gasteiger partial charge < -0.3 is 36.0 Å². The van der Waals surface area contributed by atoms with E-state index in [9.17, 15) is 25.5 Å². The number of nitrogens with zero attached hydrogens (tertiary/aromatic N) is 2. The zero-order valence-corrected chi connectivity index (χ0v) is 16.4. The molecule has 1 aliphatic rings. The van der Waals surface area contributed by atoms with Crippen LogP contribution in [0.25, 0.3) is 22.5 Å². The maximum Gasteiger partial charge on any atom is 0.222 e. The smallest absolute Gasteiger partial charge is 0.222 e. The summed E-state index contributed by atoms with van der Waals surface area (Å²) in [6, 6.07) is 17.6. The van der Waals surface area contributed by atoms with Gasteiger partial charge in [-0.25, -0.2) is 9.97 Å². The van der Waals surface area contributed by atoms with Crippen molar-refractivity contribution in [3.63, 3.8) is 0 Å². The fourth-order valence-corrected chi connectivity index (χ4v) is 3.64. The average molecular weight is 425 g/mol. The highest BCUT2D eigenvalue weighted by atomic mass is 16.7. The number of rotatable bonds is 4. The van der Waals surface area contributed by atoms with Crippen molar-refractivity contribution in [2.45, 2.75) is 30.2 Å². The van der Waals surface area contributed by atoms with Crippen LogP contribution in [-0.4, -0.2) is 66.5 Å². The first-order valence-corrected chi connectivity index (χ1v) is 9.69. The number of hydrogen-bond acceptors (Lipinski definition) is 9. The van der Waals surface area contributed by atoms with Crippen molar-refractivity contribution in [3.8, 4) is 22.5 Å². The van der Waals surface area contributed by atoms with Gasteiger partial charge in [0.2, 0.25) is 11.7 Å². The zero-order valence-electron chi connectivity index (χ0n) is 16.4. The number of hydrogen-bond donors (Lipinski definition) is 6. The van der Waals surface area contributed by atoms with Gasteiger partial charge in [-0.3, -0.25) is 0 Å². The van der Waals surface area contributed by atoms with Gasteiger partial charge in [-0.1, -0.05) is 54.6 Å². The second-order valence-electron chi connectivity index (χ2n) is 7.40. The molecule has 0 unspecified atom stereocenters. The number of aliphatic hydroxyl groups is 5. The van der Waals surface area contributed by atoms with Crippen LogP contribution < -0.4 is 5.73 Å². The lowest BCUT2D eigenvalue weighted by Gasteiger charge is -2.45. The van der Waals surface area contributed by atoms with Crippen LogP contribution >= 0.6 is 0 Å². The molecule has 2 heterocycles. The second-order valence-corrected chi connectivity index (χ2v) is 7.40. The largest absolute Gasteiger partial charge is 0.394 e. The van der Waals surface area contributed by atoms with Gasteiger partial charge in [0, 0.05) is 16.7 Å². The molecular weight excluding hydrogens is 402 g/mol. The molecule has 1 aliphatic heterocycles. The number of aliphatic hydroxyl groups excluding tert-OH is 4. The van der Waals surface area contributed by atoms with Gasteiger partial charge in [0.05, 0.1) is 18.0 Å². The van der Waals surface area contributed by atoms with Crippen LogP contribution in [0.4, 0.5) is 5.95 Å². The van der Waals surface area contributed by atoms with Crippen molar-refractivity contribution in [3.05, 3.63) is 66.2 Å².